The summed E-state index contributed by atoms with van der Waals surface area (Å²) in [6.07, 6.45) is 7.59. The van der Waals surface area contributed by atoms with E-state index in [0.29, 0.717) is 18.1 Å². The van der Waals surface area contributed by atoms with E-state index < -0.39 is 0 Å². The first-order valence-corrected chi connectivity index (χ1v) is 10.9. The van der Waals surface area contributed by atoms with Crippen LogP contribution in [0.25, 0.3) is 0 Å². The highest BCUT2D eigenvalue weighted by Crippen LogP contribution is 2.26. The Bertz CT molecular complexity index is 778. The Morgan fingerprint density at radius 3 is 2.71 bits per heavy atom. The molecule has 0 radical (unpaired) electrons. The van der Waals surface area contributed by atoms with Crippen LogP contribution in [0.3, 0.4) is 0 Å². The van der Waals surface area contributed by atoms with E-state index in [0.717, 1.165) is 44.3 Å². The number of hydrogen-bond acceptors (Lipinski definition) is 3. The summed E-state index contributed by atoms with van der Waals surface area (Å²) in [7, 11) is 0. The monoisotopic (exact) mass is 376 g/mol. The first-order valence-electron chi connectivity index (χ1n) is 10.9. The van der Waals surface area contributed by atoms with Gasteiger partial charge >= 0.3 is 0 Å². The summed E-state index contributed by atoms with van der Waals surface area (Å²) in [5.41, 5.74) is 4.85. The molecule has 0 aromatic heterocycles. The van der Waals surface area contributed by atoms with Crippen LogP contribution < -0.4 is 5.32 Å². The number of ketones is 1. The summed E-state index contributed by atoms with van der Waals surface area (Å²) >= 11 is 0. The highest BCUT2D eigenvalue weighted by molar-refractivity contribution is 5.96. The van der Waals surface area contributed by atoms with E-state index in [1.165, 1.54) is 42.7 Å². The van der Waals surface area contributed by atoms with Gasteiger partial charge in [0.15, 0.2) is 5.78 Å². The molecule has 0 aliphatic carbocycles. The Morgan fingerprint density at radius 2 is 1.89 bits per heavy atom. The minimum Gasteiger partial charge on any atom is -0.385 e. The molecule has 0 amide bonds. The fraction of sp³-hybridized carbons (Fsp3) is 0.480. The molecule has 0 spiro atoms. The van der Waals surface area contributed by atoms with E-state index >= 15 is 0 Å². The van der Waals surface area contributed by atoms with Gasteiger partial charge in [0, 0.05) is 30.8 Å². The zero-order valence-corrected chi connectivity index (χ0v) is 16.8. The van der Waals surface area contributed by atoms with Crippen LogP contribution >= 0.6 is 0 Å². The molecule has 28 heavy (non-hydrogen) atoms. The number of fused-ring (bicyclic) bond motifs is 1. The second kappa shape index (κ2) is 9.38. The summed E-state index contributed by atoms with van der Waals surface area (Å²) in [5, 5.41) is 3.42. The number of anilines is 1. The van der Waals surface area contributed by atoms with Crippen molar-refractivity contribution in [3.8, 4) is 0 Å². The summed E-state index contributed by atoms with van der Waals surface area (Å²) in [4.78, 5) is 15.3. The second-order valence-corrected chi connectivity index (χ2v) is 8.38. The predicted octanol–water partition coefficient (Wildman–Crippen LogP) is 4.96. The molecular weight excluding hydrogens is 344 g/mol. The number of likely N-dealkylation sites (tertiary alicyclic amines) is 1. The zero-order chi connectivity index (χ0) is 19.2. The number of nitrogens with one attached hydrogen (secondary N) is 1. The van der Waals surface area contributed by atoms with Crippen LogP contribution in [0, 0.1) is 5.92 Å². The van der Waals surface area contributed by atoms with Crippen LogP contribution in [-0.4, -0.2) is 36.9 Å². The molecule has 2 aliphatic rings. The summed E-state index contributed by atoms with van der Waals surface area (Å²) in [6, 6.07) is 17.0. The SMILES string of the molecule is O=C(CCC1CCN(CCc2ccccc2)CC1)c1ccc2c(c1)CCCN2. The van der Waals surface area contributed by atoms with Crippen LogP contribution in [0.15, 0.2) is 48.5 Å². The van der Waals surface area contributed by atoms with Gasteiger partial charge in [0.25, 0.3) is 0 Å². The van der Waals surface area contributed by atoms with E-state index in [-0.39, 0.29) is 0 Å². The third-order valence-electron chi connectivity index (χ3n) is 6.41. The van der Waals surface area contributed by atoms with Crippen molar-refractivity contribution < 1.29 is 4.79 Å². The number of benzene rings is 2. The summed E-state index contributed by atoms with van der Waals surface area (Å²) in [5.74, 6) is 1.02. The molecule has 2 aromatic rings. The molecule has 4 rings (SSSR count). The van der Waals surface area contributed by atoms with Crippen molar-refractivity contribution in [1.29, 1.82) is 0 Å². The molecule has 1 saturated heterocycles. The molecule has 0 bridgehead atoms. The highest BCUT2D eigenvalue weighted by Gasteiger charge is 2.20. The Morgan fingerprint density at radius 1 is 1.07 bits per heavy atom. The molecule has 2 aliphatic heterocycles. The normalized spacial score (nSPS) is 17.7. The van der Waals surface area contributed by atoms with Crippen LogP contribution in [0.4, 0.5) is 5.69 Å². The van der Waals surface area contributed by atoms with Crippen molar-refractivity contribution in [2.45, 2.75) is 44.9 Å². The number of hydrogen-bond donors (Lipinski definition) is 1. The largest absolute Gasteiger partial charge is 0.385 e. The van der Waals surface area contributed by atoms with Gasteiger partial charge in [0.2, 0.25) is 0 Å². The van der Waals surface area contributed by atoms with Crippen molar-refractivity contribution in [2.24, 2.45) is 5.92 Å². The maximum Gasteiger partial charge on any atom is 0.162 e. The van der Waals surface area contributed by atoms with E-state index in [1.807, 2.05) is 6.07 Å². The Hall–Kier alpha value is -2.13. The topological polar surface area (TPSA) is 32.3 Å². The molecule has 3 heteroatoms. The van der Waals surface area contributed by atoms with Gasteiger partial charge in [-0.3, -0.25) is 4.79 Å². The predicted molar refractivity (Wildman–Crippen MR) is 116 cm³/mol. The van der Waals surface area contributed by atoms with Gasteiger partial charge in [-0.1, -0.05) is 30.3 Å². The Kier molecular flexibility index (Phi) is 6.43. The number of Topliss-reactive ketones (excluding diaryl/α,β-unsaturated/α-hetero) is 1. The van der Waals surface area contributed by atoms with Crippen molar-refractivity contribution in [3.63, 3.8) is 0 Å². The van der Waals surface area contributed by atoms with Crippen molar-refractivity contribution >= 4 is 11.5 Å². The number of piperidine rings is 1. The van der Waals surface area contributed by atoms with E-state index in [1.54, 1.807) is 0 Å². The lowest BCUT2D eigenvalue weighted by Gasteiger charge is -2.32. The van der Waals surface area contributed by atoms with Gasteiger partial charge in [-0.05, 0) is 86.9 Å². The van der Waals surface area contributed by atoms with Gasteiger partial charge in [-0.2, -0.15) is 0 Å². The van der Waals surface area contributed by atoms with Crippen molar-refractivity contribution in [2.75, 3.05) is 31.5 Å². The molecule has 0 unspecified atom stereocenters. The number of aryl methyl sites for hydroxylation is 1. The molecule has 2 aromatic carbocycles. The molecule has 148 valence electrons. The van der Waals surface area contributed by atoms with Gasteiger partial charge in [-0.15, -0.1) is 0 Å². The Labute approximate surface area is 169 Å². The van der Waals surface area contributed by atoms with Crippen molar-refractivity contribution in [1.82, 2.24) is 4.90 Å². The molecular formula is C25H32N2O. The highest BCUT2D eigenvalue weighted by atomic mass is 16.1. The molecule has 0 atom stereocenters. The molecule has 0 saturated carbocycles. The number of carbonyl (C=O) groups excluding carboxylic acids is 1. The minimum absolute atomic E-state index is 0.319. The van der Waals surface area contributed by atoms with Gasteiger partial charge in [0.05, 0.1) is 0 Å². The van der Waals surface area contributed by atoms with E-state index in [2.05, 4.69) is 52.7 Å². The van der Waals surface area contributed by atoms with E-state index in [4.69, 9.17) is 0 Å². The number of carbonyl (C=O) groups is 1. The maximum atomic E-state index is 12.7. The van der Waals surface area contributed by atoms with Gasteiger partial charge in [-0.25, -0.2) is 0 Å². The molecule has 3 nitrogen and oxygen atoms in total. The quantitative estimate of drug-likeness (QED) is 0.693. The lowest BCUT2D eigenvalue weighted by atomic mass is 9.89. The lowest BCUT2D eigenvalue weighted by Crippen LogP contribution is -2.35. The number of nitrogens with zero attached hydrogens (tertiary/aromatic N) is 1. The average Bonchev–Trinajstić information content (AvgIpc) is 2.77. The third-order valence-corrected chi connectivity index (χ3v) is 6.41. The fourth-order valence-corrected chi connectivity index (χ4v) is 4.56. The van der Waals surface area contributed by atoms with Crippen molar-refractivity contribution in [3.05, 3.63) is 65.2 Å². The molecule has 1 N–H and O–H groups in total. The zero-order valence-electron chi connectivity index (χ0n) is 16.8. The smallest absolute Gasteiger partial charge is 0.162 e. The third kappa shape index (κ3) is 5.02. The van der Waals surface area contributed by atoms with Crippen LogP contribution in [-0.2, 0) is 12.8 Å². The summed E-state index contributed by atoms with van der Waals surface area (Å²) in [6.45, 7) is 4.55. The van der Waals surface area contributed by atoms with Gasteiger partial charge < -0.3 is 10.2 Å². The average molecular weight is 377 g/mol. The minimum atomic E-state index is 0.319. The van der Waals surface area contributed by atoms with E-state index in [9.17, 15) is 4.79 Å². The van der Waals surface area contributed by atoms with Gasteiger partial charge in [0.1, 0.15) is 0 Å². The lowest BCUT2D eigenvalue weighted by molar-refractivity contribution is 0.0962. The molecule has 2 heterocycles. The second-order valence-electron chi connectivity index (χ2n) is 8.38. The standard InChI is InChI=1S/C25H32N2O/c28-25(23-9-10-24-22(19-23)7-4-15-26-24)11-8-21-13-17-27(18-14-21)16-12-20-5-2-1-3-6-20/h1-3,5-6,9-10,19,21,26H,4,7-8,11-18H2. The first-order chi connectivity index (χ1) is 13.8. The maximum absolute atomic E-state index is 12.7. The van der Waals surface area contributed by atoms with Crippen LogP contribution in [0.5, 0.6) is 0 Å². The molecule has 1 fully saturated rings. The van der Waals surface area contributed by atoms with Crippen LogP contribution in [0.2, 0.25) is 0 Å². The summed E-state index contributed by atoms with van der Waals surface area (Å²) < 4.78 is 0. The number of rotatable bonds is 7. The first kappa shape index (κ1) is 19.2. The Balaban J connectivity index is 1.19. The fourth-order valence-electron chi connectivity index (χ4n) is 4.56. The van der Waals surface area contributed by atoms with Crippen LogP contribution in [0.1, 0.15) is 53.6 Å².